The summed E-state index contributed by atoms with van der Waals surface area (Å²) in [6.07, 6.45) is -4.47. The zero-order valence-electron chi connectivity index (χ0n) is 16.1. The molecule has 5 nitrogen and oxygen atoms in total. The van der Waals surface area contributed by atoms with Crippen molar-refractivity contribution in [3.05, 3.63) is 59.7 Å². The zero-order valence-corrected chi connectivity index (χ0v) is 16.1. The standard InChI is InChI=1S/C21H21F3N2O3/c1-3-29-18-7-5-4-6-17(18)26-13-12-25(14(2)19(26)27)20(28)15-8-10-16(11-9-15)21(22,23)24/h4-11,14H,3,12-13H2,1-2H3. The number of hydrogen-bond donors (Lipinski definition) is 0. The third-order valence-electron chi connectivity index (χ3n) is 4.83. The first-order valence-corrected chi connectivity index (χ1v) is 9.25. The Balaban J connectivity index is 1.78. The fourth-order valence-electron chi connectivity index (χ4n) is 3.31. The van der Waals surface area contributed by atoms with Crippen LogP contribution in [0.3, 0.4) is 0 Å². The highest BCUT2D eigenvalue weighted by Gasteiger charge is 2.37. The first kappa shape index (κ1) is 20.7. The van der Waals surface area contributed by atoms with E-state index in [9.17, 15) is 22.8 Å². The van der Waals surface area contributed by atoms with Crippen LogP contribution < -0.4 is 9.64 Å². The molecule has 1 aliphatic heterocycles. The summed E-state index contributed by atoms with van der Waals surface area (Å²) in [5, 5.41) is 0. The summed E-state index contributed by atoms with van der Waals surface area (Å²) in [4.78, 5) is 28.7. The molecular weight excluding hydrogens is 385 g/mol. The topological polar surface area (TPSA) is 49.9 Å². The molecule has 0 aliphatic carbocycles. The van der Waals surface area contributed by atoms with E-state index in [-0.39, 0.29) is 24.6 Å². The molecule has 3 rings (SSSR count). The molecule has 1 fully saturated rings. The number of benzene rings is 2. The normalized spacial score (nSPS) is 17.4. The number of alkyl halides is 3. The van der Waals surface area contributed by atoms with Crippen LogP contribution in [0, 0.1) is 0 Å². The van der Waals surface area contributed by atoms with Gasteiger partial charge < -0.3 is 14.5 Å². The Bertz CT molecular complexity index is 897. The highest BCUT2D eigenvalue weighted by atomic mass is 19.4. The number of amides is 2. The predicted octanol–water partition coefficient (Wildman–Crippen LogP) is 3.98. The molecule has 0 radical (unpaired) electrons. The number of hydrogen-bond acceptors (Lipinski definition) is 3. The van der Waals surface area contributed by atoms with Crippen LogP contribution in [0.25, 0.3) is 0 Å². The highest BCUT2D eigenvalue weighted by Crippen LogP contribution is 2.32. The lowest BCUT2D eigenvalue weighted by molar-refractivity contribution is -0.137. The van der Waals surface area contributed by atoms with Gasteiger partial charge in [0, 0.05) is 18.7 Å². The van der Waals surface area contributed by atoms with E-state index < -0.39 is 23.7 Å². The smallest absolute Gasteiger partial charge is 0.416 e. The minimum absolute atomic E-state index is 0.112. The molecule has 0 aromatic heterocycles. The van der Waals surface area contributed by atoms with Crippen molar-refractivity contribution in [2.45, 2.75) is 26.1 Å². The molecular formula is C21H21F3N2O3. The van der Waals surface area contributed by atoms with Crippen LogP contribution in [-0.4, -0.2) is 42.5 Å². The number of anilines is 1. The Kier molecular flexibility index (Phi) is 5.81. The van der Waals surface area contributed by atoms with E-state index in [1.165, 1.54) is 4.90 Å². The van der Waals surface area contributed by atoms with E-state index in [1.807, 2.05) is 13.0 Å². The fourth-order valence-corrected chi connectivity index (χ4v) is 3.31. The predicted molar refractivity (Wildman–Crippen MR) is 102 cm³/mol. The Labute approximate surface area is 166 Å². The van der Waals surface area contributed by atoms with Crippen molar-refractivity contribution in [1.29, 1.82) is 0 Å². The Morgan fingerprint density at radius 1 is 1.10 bits per heavy atom. The Hall–Kier alpha value is -3.03. The van der Waals surface area contributed by atoms with Crippen molar-refractivity contribution >= 4 is 17.5 Å². The number of halogens is 3. The number of ether oxygens (including phenoxy) is 1. The van der Waals surface area contributed by atoms with E-state index in [0.29, 0.717) is 18.0 Å². The second kappa shape index (κ2) is 8.14. The van der Waals surface area contributed by atoms with Crippen LogP contribution in [0.2, 0.25) is 0 Å². The van der Waals surface area contributed by atoms with Crippen LogP contribution in [0.15, 0.2) is 48.5 Å². The first-order valence-electron chi connectivity index (χ1n) is 9.25. The van der Waals surface area contributed by atoms with Gasteiger partial charge in [0.1, 0.15) is 11.8 Å². The summed E-state index contributed by atoms with van der Waals surface area (Å²) >= 11 is 0. The average molecular weight is 406 g/mol. The van der Waals surface area contributed by atoms with Crippen LogP contribution in [0.5, 0.6) is 5.75 Å². The maximum Gasteiger partial charge on any atom is 0.416 e. The lowest BCUT2D eigenvalue weighted by atomic mass is 10.1. The van der Waals surface area contributed by atoms with Gasteiger partial charge in [-0.1, -0.05) is 12.1 Å². The van der Waals surface area contributed by atoms with Gasteiger partial charge in [0.2, 0.25) is 5.91 Å². The number of carbonyl (C=O) groups is 2. The van der Waals surface area contributed by atoms with Gasteiger partial charge in [0.25, 0.3) is 5.91 Å². The molecule has 2 aromatic rings. The maximum atomic E-state index is 12.9. The summed E-state index contributed by atoms with van der Waals surface area (Å²) in [5.74, 6) is -0.168. The third-order valence-corrected chi connectivity index (χ3v) is 4.83. The van der Waals surface area contributed by atoms with E-state index >= 15 is 0 Å². The zero-order chi connectivity index (χ0) is 21.2. The fraction of sp³-hybridized carbons (Fsp3) is 0.333. The summed E-state index contributed by atoms with van der Waals surface area (Å²) < 4.78 is 43.8. The molecule has 1 aliphatic rings. The Morgan fingerprint density at radius 2 is 1.76 bits per heavy atom. The molecule has 0 spiro atoms. The van der Waals surface area contributed by atoms with Crippen molar-refractivity contribution in [3.63, 3.8) is 0 Å². The van der Waals surface area contributed by atoms with Crippen LogP contribution in [0.4, 0.5) is 18.9 Å². The van der Waals surface area contributed by atoms with Crippen LogP contribution in [0.1, 0.15) is 29.8 Å². The molecule has 1 saturated heterocycles. The van der Waals surface area contributed by atoms with Crippen molar-refractivity contribution < 1.29 is 27.5 Å². The average Bonchev–Trinajstić information content (AvgIpc) is 2.70. The maximum absolute atomic E-state index is 12.9. The lowest BCUT2D eigenvalue weighted by Crippen LogP contribution is -2.57. The van der Waals surface area contributed by atoms with Crippen molar-refractivity contribution in [1.82, 2.24) is 4.90 Å². The van der Waals surface area contributed by atoms with Gasteiger partial charge in [-0.3, -0.25) is 9.59 Å². The van der Waals surface area contributed by atoms with E-state index in [0.717, 1.165) is 24.3 Å². The van der Waals surface area contributed by atoms with Gasteiger partial charge >= 0.3 is 6.18 Å². The molecule has 1 unspecified atom stereocenters. The minimum atomic E-state index is -4.47. The summed E-state index contributed by atoms with van der Waals surface area (Å²) in [6.45, 7) is 4.43. The molecule has 8 heteroatoms. The SMILES string of the molecule is CCOc1ccccc1N1CCN(C(=O)c2ccc(C(F)(F)F)cc2)C(C)C1=O. The van der Waals surface area contributed by atoms with Gasteiger partial charge in [0.05, 0.1) is 17.9 Å². The van der Waals surface area contributed by atoms with Crippen LogP contribution in [-0.2, 0) is 11.0 Å². The summed E-state index contributed by atoms with van der Waals surface area (Å²) in [5.41, 5.74) is -0.0795. The molecule has 2 amide bonds. The monoisotopic (exact) mass is 406 g/mol. The lowest BCUT2D eigenvalue weighted by Gasteiger charge is -2.39. The second-order valence-electron chi connectivity index (χ2n) is 6.64. The summed E-state index contributed by atoms with van der Waals surface area (Å²) in [6, 6.07) is 10.4. The molecule has 29 heavy (non-hydrogen) atoms. The van der Waals surface area contributed by atoms with Crippen LogP contribution >= 0.6 is 0 Å². The van der Waals surface area contributed by atoms with Crippen molar-refractivity contribution in [2.75, 3.05) is 24.6 Å². The molecule has 1 atom stereocenters. The quantitative estimate of drug-likeness (QED) is 0.772. The molecule has 0 bridgehead atoms. The molecule has 0 saturated carbocycles. The number of para-hydroxylation sites is 2. The van der Waals surface area contributed by atoms with Gasteiger partial charge in [0.15, 0.2) is 0 Å². The molecule has 1 heterocycles. The van der Waals surface area contributed by atoms with Gasteiger partial charge in [-0.25, -0.2) is 0 Å². The van der Waals surface area contributed by atoms with Gasteiger partial charge in [-0.2, -0.15) is 13.2 Å². The second-order valence-corrected chi connectivity index (χ2v) is 6.64. The number of nitrogens with zero attached hydrogens (tertiary/aromatic N) is 2. The number of piperazine rings is 1. The van der Waals surface area contributed by atoms with Gasteiger partial charge in [-0.05, 0) is 50.2 Å². The van der Waals surface area contributed by atoms with E-state index in [1.54, 1.807) is 30.0 Å². The molecule has 0 N–H and O–H groups in total. The largest absolute Gasteiger partial charge is 0.492 e. The summed E-state index contributed by atoms with van der Waals surface area (Å²) in [7, 11) is 0. The Morgan fingerprint density at radius 3 is 2.38 bits per heavy atom. The molecule has 154 valence electrons. The number of rotatable bonds is 4. The van der Waals surface area contributed by atoms with Gasteiger partial charge in [-0.15, -0.1) is 0 Å². The van der Waals surface area contributed by atoms with E-state index in [2.05, 4.69) is 0 Å². The minimum Gasteiger partial charge on any atom is -0.492 e. The van der Waals surface area contributed by atoms with Crippen molar-refractivity contribution in [3.8, 4) is 5.75 Å². The molecule has 2 aromatic carbocycles. The first-order chi connectivity index (χ1) is 13.7. The van der Waals surface area contributed by atoms with E-state index in [4.69, 9.17) is 4.74 Å². The van der Waals surface area contributed by atoms with Crippen molar-refractivity contribution in [2.24, 2.45) is 0 Å². The highest BCUT2D eigenvalue weighted by molar-refractivity contribution is 6.04. The number of carbonyl (C=O) groups excluding carboxylic acids is 2. The third kappa shape index (κ3) is 4.21.